The van der Waals surface area contributed by atoms with Gasteiger partial charge in [-0.25, -0.2) is 4.98 Å². The van der Waals surface area contributed by atoms with Gasteiger partial charge in [0.2, 0.25) is 0 Å². The summed E-state index contributed by atoms with van der Waals surface area (Å²) in [6.45, 7) is 9.28. The number of aromatic nitrogens is 1. The van der Waals surface area contributed by atoms with Crippen molar-refractivity contribution in [1.29, 1.82) is 0 Å². The van der Waals surface area contributed by atoms with Crippen LogP contribution in [0.4, 0.5) is 0 Å². The first-order valence-electron chi connectivity index (χ1n) is 8.60. The molecule has 1 aromatic rings. The van der Waals surface area contributed by atoms with Crippen LogP contribution >= 0.6 is 35.3 Å². The van der Waals surface area contributed by atoms with Crippen molar-refractivity contribution in [2.45, 2.75) is 52.9 Å². The summed E-state index contributed by atoms with van der Waals surface area (Å²) in [5, 5.41) is 10.1. The number of hydrogen-bond acceptors (Lipinski definition) is 3. The maximum Gasteiger partial charge on any atom is 0.191 e. The molecular weight excluding hydrogens is 419 g/mol. The van der Waals surface area contributed by atoms with E-state index < -0.39 is 0 Å². The van der Waals surface area contributed by atoms with Crippen molar-refractivity contribution in [3.8, 4) is 0 Å². The van der Waals surface area contributed by atoms with Gasteiger partial charge in [-0.05, 0) is 38.5 Å². The number of aryl methyl sites for hydroxylation is 1. The largest absolute Gasteiger partial charge is 0.357 e. The Hall–Kier alpha value is -0.370. The zero-order valence-electron chi connectivity index (χ0n) is 14.6. The molecule has 0 amide bonds. The molecule has 0 radical (unpaired) electrons. The van der Waals surface area contributed by atoms with Gasteiger partial charge in [-0.15, -0.1) is 35.3 Å². The highest BCUT2D eigenvalue weighted by Crippen LogP contribution is 2.28. The van der Waals surface area contributed by atoms with E-state index in [0.717, 1.165) is 48.9 Å². The van der Waals surface area contributed by atoms with Gasteiger partial charge < -0.3 is 10.6 Å². The summed E-state index contributed by atoms with van der Waals surface area (Å²) < 4.78 is 0. The van der Waals surface area contributed by atoms with E-state index in [1.165, 1.54) is 31.4 Å². The smallest absolute Gasteiger partial charge is 0.191 e. The van der Waals surface area contributed by atoms with Crippen LogP contribution in [0.2, 0.25) is 0 Å². The Bertz CT molecular complexity index is 467. The summed E-state index contributed by atoms with van der Waals surface area (Å²) >= 11 is 1.72. The average Bonchev–Trinajstić information content (AvgIpc) is 2.92. The SMILES string of the molecule is CCNC(=NCC1CCC(C)CC1)NCCc1csc(C)n1.I. The Morgan fingerprint density at radius 2 is 2.04 bits per heavy atom. The predicted molar refractivity (Wildman–Crippen MR) is 111 cm³/mol. The molecule has 0 aromatic carbocycles. The van der Waals surface area contributed by atoms with Crippen molar-refractivity contribution < 1.29 is 0 Å². The lowest BCUT2D eigenvalue weighted by molar-refractivity contribution is 0.296. The lowest BCUT2D eigenvalue weighted by atomic mass is 9.83. The molecule has 0 unspecified atom stereocenters. The Morgan fingerprint density at radius 3 is 2.65 bits per heavy atom. The number of hydrogen-bond donors (Lipinski definition) is 2. The van der Waals surface area contributed by atoms with Gasteiger partial charge in [0, 0.05) is 31.4 Å². The molecular formula is C17H31IN4S. The maximum absolute atomic E-state index is 4.78. The van der Waals surface area contributed by atoms with Crippen LogP contribution < -0.4 is 10.6 Å². The normalized spacial score (nSPS) is 21.6. The molecule has 1 aromatic heterocycles. The fourth-order valence-electron chi connectivity index (χ4n) is 2.91. The average molecular weight is 450 g/mol. The van der Waals surface area contributed by atoms with E-state index in [1.807, 2.05) is 0 Å². The molecule has 0 bridgehead atoms. The number of aliphatic imine (C=N–C) groups is 1. The minimum Gasteiger partial charge on any atom is -0.357 e. The molecule has 1 saturated carbocycles. The van der Waals surface area contributed by atoms with Crippen LogP contribution in [0.25, 0.3) is 0 Å². The van der Waals surface area contributed by atoms with Crippen molar-refractivity contribution >= 4 is 41.3 Å². The first-order valence-corrected chi connectivity index (χ1v) is 9.48. The number of guanidine groups is 1. The number of thiazole rings is 1. The highest BCUT2D eigenvalue weighted by Gasteiger charge is 2.17. The highest BCUT2D eigenvalue weighted by molar-refractivity contribution is 14.0. The Morgan fingerprint density at radius 1 is 1.30 bits per heavy atom. The number of nitrogens with one attached hydrogen (secondary N) is 2. The van der Waals surface area contributed by atoms with Crippen molar-refractivity contribution in [2.75, 3.05) is 19.6 Å². The van der Waals surface area contributed by atoms with Crippen molar-refractivity contribution in [3.63, 3.8) is 0 Å². The first-order chi connectivity index (χ1) is 10.7. The van der Waals surface area contributed by atoms with Crippen LogP contribution in [0.3, 0.4) is 0 Å². The van der Waals surface area contributed by atoms with E-state index in [-0.39, 0.29) is 24.0 Å². The summed E-state index contributed by atoms with van der Waals surface area (Å²) in [4.78, 5) is 9.27. The number of rotatable bonds is 6. The molecule has 0 spiro atoms. The molecule has 1 aliphatic carbocycles. The van der Waals surface area contributed by atoms with E-state index in [1.54, 1.807) is 11.3 Å². The molecule has 6 heteroatoms. The second-order valence-electron chi connectivity index (χ2n) is 6.38. The fraction of sp³-hybridized carbons (Fsp3) is 0.765. The molecule has 1 heterocycles. The lowest BCUT2D eigenvalue weighted by Gasteiger charge is -2.25. The molecule has 2 rings (SSSR count). The maximum atomic E-state index is 4.78. The second-order valence-corrected chi connectivity index (χ2v) is 7.44. The van der Waals surface area contributed by atoms with E-state index in [0.29, 0.717) is 0 Å². The van der Waals surface area contributed by atoms with Gasteiger partial charge in [-0.1, -0.05) is 19.8 Å². The van der Waals surface area contributed by atoms with E-state index in [9.17, 15) is 0 Å². The van der Waals surface area contributed by atoms with Gasteiger partial charge in [0.05, 0.1) is 10.7 Å². The van der Waals surface area contributed by atoms with Crippen LogP contribution in [0, 0.1) is 18.8 Å². The zero-order valence-corrected chi connectivity index (χ0v) is 17.7. The van der Waals surface area contributed by atoms with Gasteiger partial charge in [0.25, 0.3) is 0 Å². The Labute approximate surface area is 162 Å². The second kappa shape index (κ2) is 11.2. The van der Waals surface area contributed by atoms with Crippen LogP contribution in [0.1, 0.15) is 50.2 Å². The summed E-state index contributed by atoms with van der Waals surface area (Å²) in [5.74, 6) is 2.63. The Kier molecular flexibility index (Phi) is 10.1. The monoisotopic (exact) mass is 450 g/mol. The van der Waals surface area contributed by atoms with E-state index in [4.69, 9.17) is 4.99 Å². The fourth-order valence-corrected chi connectivity index (χ4v) is 3.55. The zero-order chi connectivity index (χ0) is 15.8. The van der Waals surface area contributed by atoms with Crippen LogP contribution in [0.15, 0.2) is 10.4 Å². The van der Waals surface area contributed by atoms with Gasteiger partial charge >= 0.3 is 0 Å². The van der Waals surface area contributed by atoms with Gasteiger partial charge in [0.15, 0.2) is 5.96 Å². The standard InChI is InChI=1S/C17H30N4S.HI/c1-4-18-17(19-10-9-16-12-22-14(3)21-16)20-11-15-7-5-13(2)6-8-15;/h12-13,15H,4-11H2,1-3H3,(H2,18,19,20);1H. The molecule has 0 aliphatic heterocycles. The molecule has 23 heavy (non-hydrogen) atoms. The summed E-state index contributed by atoms with van der Waals surface area (Å²) in [5.41, 5.74) is 1.17. The van der Waals surface area contributed by atoms with E-state index >= 15 is 0 Å². The van der Waals surface area contributed by atoms with Gasteiger partial charge in [-0.2, -0.15) is 0 Å². The first kappa shape index (κ1) is 20.7. The third kappa shape index (κ3) is 7.83. The number of halogens is 1. The van der Waals surface area contributed by atoms with Gasteiger partial charge in [0.1, 0.15) is 0 Å². The molecule has 132 valence electrons. The van der Waals surface area contributed by atoms with E-state index in [2.05, 4.69) is 41.8 Å². The van der Waals surface area contributed by atoms with Crippen LogP contribution in [-0.2, 0) is 6.42 Å². The summed E-state index contributed by atoms with van der Waals surface area (Å²) in [6.07, 6.45) is 6.36. The molecule has 0 atom stereocenters. The van der Waals surface area contributed by atoms with Crippen molar-refractivity contribution in [2.24, 2.45) is 16.8 Å². The van der Waals surface area contributed by atoms with Crippen molar-refractivity contribution in [3.05, 3.63) is 16.1 Å². The molecule has 0 saturated heterocycles. The minimum absolute atomic E-state index is 0. The summed E-state index contributed by atoms with van der Waals surface area (Å²) in [7, 11) is 0. The quantitative estimate of drug-likeness (QED) is 0.392. The number of nitrogens with zero attached hydrogens (tertiary/aromatic N) is 2. The lowest BCUT2D eigenvalue weighted by Crippen LogP contribution is -2.38. The third-order valence-electron chi connectivity index (χ3n) is 4.33. The highest BCUT2D eigenvalue weighted by atomic mass is 127. The van der Waals surface area contributed by atoms with Crippen LogP contribution in [-0.4, -0.2) is 30.6 Å². The topological polar surface area (TPSA) is 49.3 Å². The van der Waals surface area contributed by atoms with Crippen LogP contribution in [0.5, 0.6) is 0 Å². The third-order valence-corrected chi connectivity index (χ3v) is 5.15. The predicted octanol–water partition coefficient (Wildman–Crippen LogP) is 3.99. The van der Waals surface area contributed by atoms with Gasteiger partial charge in [-0.3, -0.25) is 4.99 Å². The molecule has 1 fully saturated rings. The minimum atomic E-state index is 0. The van der Waals surface area contributed by atoms with Crippen molar-refractivity contribution in [1.82, 2.24) is 15.6 Å². The molecule has 2 N–H and O–H groups in total. The molecule has 1 aliphatic rings. The summed E-state index contributed by atoms with van der Waals surface area (Å²) in [6, 6.07) is 0. The molecule has 4 nitrogen and oxygen atoms in total. The Balaban J connectivity index is 0.00000264.